The maximum atomic E-state index is 12.4. The van der Waals surface area contributed by atoms with Crippen LogP contribution in [0.15, 0.2) is 28.9 Å². The zero-order valence-electron chi connectivity index (χ0n) is 10.6. The number of H-pyrrole nitrogens is 1. The van der Waals surface area contributed by atoms with Crippen LogP contribution < -0.4 is 0 Å². The number of aromatic nitrogens is 2. The third kappa shape index (κ3) is 2.26. The van der Waals surface area contributed by atoms with Crippen LogP contribution in [0.2, 0.25) is 0 Å². The van der Waals surface area contributed by atoms with E-state index in [9.17, 15) is 4.79 Å². The minimum absolute atomic E-state index is 0.0741. The number of carbonyl (C=O) groups is 1. The van der Waals surface area contributed by atoms with Gasteiger partial charge in [0, 0.05) is 12.6 Å². The molecule has 1 unspecified atom stereocenters. The van der Waals surface area contributed by atoms with E-state index in [-0.39, 0.29) is 11.9 Å². The molecule has 6 heteroatoms. The largest absolute Gasteiger partial charge is 0.463 e. The molecule has 3 heterocycles. The van der Waals surface area contributed by atoms with Gasteiger partial charge < -0.3 is 14.1 Å². The smallest absolute Gasteiger partial charge is 0.274 e. The molecule has 1 atom stereocenters. The number of nitrogens with one attached hydrogen (secondary N) is 1. The van der Waals surface area contributed by atoms with Crippen LogP contribution in [0.1, 0.15) is 17.4 Å². The zero-order chi connectivity index (χ0) is 13.2. The summed E-state index contributed by atoms with van der Waals surface area (Å²) < 4.78 is 10.6. The quantitative estimate of drug-likeness (QED) is 0.890. The van der Waals surface area contributed by atoms with Gasteiger partial charge in [0.05, 0.1) is 25.5 Å². The van der Waals surface area contributed by atoms with E-state index in [1.54, 1.807) is 23.3 Å². The number of carbonyl (C=O) groups excluding carboxylic acids is 1. The number of amides is 1. The van der Waals surface area contributed by atoms with E-state index >= 15 is 0 Å². The lowest BCUT2D eigenvalue weighted by Gasteiger charge is -2.32. The third-order valence-corrected chi connectivity index (χ3v) is 3.21. The summed E-state index contributed by atoms with van der Waals surface area (Å²) in [5.41, 5.74) is 1.11. The van der Waals surface area contributed by atoms with Gasteiger partial charge in [-0.2, -0.15) is 5.10 Å². The number of nitrogens with zero attached hydrogens (tertiary/aromatic N) is 2. The van der Waals surface area contributed by atoms with E-state index in [1.165, 1.54) is 0 Å². The second-order valence-electron chi connectivity index (χ2n) is 4.57. The Morgan fingerprint density at radius 2 is 2.47 bits per heavy atom. The van der Waals surface area contributed by atoms with Crippen LogP contribution in [0.3, 0.4) is 0 Å². The molecule has 19 heavy (non-hydrogen) atoms. The van der Waals surface area contributed by atoms with Gasteiger partial charge >= 0.3 is 0 Å². The van der Waals surface area contributed by atoms with Gasteiger partial charge in [0.15, 0.2) is 11.5 Å². The molecule has 1 aliphatic heterocycles. The van der Waals surface area contributed by atoms with E-state index < -0.39 is 0 Å². The average molecular weight is 261 g/mol. The first kappa shape index (κ1) is 12.0. The summed E-state index contributed by atoms with van der Waals surface area (Å²) in [5, 5.41) is 6.89. The van der Waals surface area contributed by atoms with Crippen LogP contribution in [-0.2, 0) is 4.74 Å². The number of hydrogen-bond donors (Lipinski definition) is 1. The van der Waals surface area contributed by atoms with Crippen LogP contribution >= 0.6 is 0 Å². The van der Waals surface area contributed by atoms with Crippen molar-refractivity contribution in [1.82, 2.24) is 15.1 Å². The number of aromatic amines is 1. The molecule has 0 saturated carbocycles. The molecule has 1 amide bonds. The lowest BCUT2D eigenvalue weighted by Crippen LogP contribution is -2.47. The first-order valence-corrected chi connectivity index (χ1v) is 6.23. The van der Waals surface area contributed by atoms with Gasteiger partial charge in [-0.1, -0.05) is 0 Å². The van der Waals surface area contributed by atoms with Gasteiger partial charge in [0.25, 0.3) is 5.91 Å². The molecule has 1 N–H and O–H groups in total. The fourth-order valence-corrected chi connectivity index (χ4v) is 2.17. The van der Waals surface area contributed by atoms with Crippen molar-refractivity contribution in [2.75, 3.05) is 19.8 Å². The highest BCUT2D eigenvalue weighted by molar-refractivity contribution is 5.93. The first-order valence-electron chi connectivity index (χ1n) is 6.23. The average Bonchev–Trinajstić information content (AvgIpc) is 3.09. The molecular formula is C13H15N3O3. The highest BCUT2D eigenvalue weighted by Gasteiger charge is 2.26. The number of morpholine rings is 1. The van der Waals surface area contributed by atoms with Gasteiger partial charge in [0.2, 0.25) is 0 Å². The van der Waals surface area contributed by atoms with Gasteiger partial charge in [-0.05, 0) is 19.1 Å². The molecule has 2 aromatic heterocycles. The molecule has 2 aromatic rings. The number of furan rings is 1. The predicted octanol–water partition coefficient (Wildman–Crippen LogP) is 1.53. The number of hydrogen-bond acceptors (Lipinski definition) is 4. The Morgan fingerprint density at radius 3 is 3.21 bits per heavy atom. The summed E-state index contributed by atoms with van der Waals surface area (Å²) in [7, 11) is 0. The monoisotopic (exact) mass is 261 g/mol. The predicted molar refractivity (Wildman–Crippen MR) is 67.6 cm³/mol. The van der Waals surface area contributed by atoms with Crippen LogP contribution in [0, 0.1) is 0 Å². The SMILES string of the molecule is CC1COCCN1C(=O)c1cc(-c2ccco2)[nH]n1. The Hall–Kier alpha value is -2.08. The minimum Gasteiger partial charge on any atom is -0.463 e. The first-order chi connectivity index (χ1) is 9.25. The van der Waals surface area contributed by atoms with E-state index in [2.05, 4.69) is 10.2 Å². The molecule has 100 valence electrons. The Bertz CT molecular complexity index is 561. The maximum Gasteiger partial charge on any atom is 0.274 e. The summed E-state index contributed by atoms with van der Waals surface area (Å²) in [4.78, 5) is 14.1. The fourth-order valence-electron chi connectivity index (χ4n) is 2.17. The Morgan fingerprint density at radius 1 is 1.58 bits per heavy atom. The van der Waals surface area contributed by atoms with Crippen molar-refractivity contribution in [3.63, 3.8) is 0 Å². The molecule has 1 aliphatic rings. The maximum absolute atomic E-state index is 12.4. The highest BCUT2D eigenvalue weighted by Crippen LogP contribution is 2.19. The Kier molecular flexibility index (Phi) is 3.08. The molecule has 6 nitrogen and oxygen atoms in total. The zero-order valence-corrected chi connectivity index (χ0v) is 10.6. The summed E-state index contributed by atoms with van der Waals surface area (Å²) in [6, 6.07) is 5.40. The van der Waals surface area contributed by atoms with Crippen molar-refractivity contribution < 1.29 is 13.9 Å². The van der Waals surface area contributed by atoms with Crippen molar-refractivity contribution >= 4 is 5.91 Å². The third-order valence-electron chi connectivity index (χ3n) is 3.21. The Labute approximate surface area is 110 Å². The number of ether oxygens (including phenoxy) is 1. The van der Waals surface area contributed by atoms with Gasteiger partial charge in [-0.15, -0.1) is 0 Å². The fraction of sp³-hybridized carbons (Fsp3) is 0.385. The van der Waals surface area contributed by atoms with E-state index in [1.807, 2.05) is 13.0 Å². The lowest BCUT2D eigenvalue weighted by atomic mass is 10.2. The normalized spacial score (nSPS) is 19.6. The molecule has 3 rings (SSSR count). The highest BCUT2D eigenvalue weighted by atomic mass is 16.5. The second-order valence-corrected chi connectivity index (χ2v) is 4.57. The number of rotatable bonds is 2. The van der Waals surface area contributed by atoms with E-state index in [0.29, 0.717) is 36.9 Å². The van der Waals surface area contributed by atoms with Crippen molar-refractivity contribution in [3.05, 3.63) is 30.2 Å². The van der Waals surface area contributed by atoms with Gasteiger partial charge in [-0.25, -0.2) is 0 Å². The van der Waals surface area contributed by atoms with Gasteiger partial charge in [-0.3, -0.25) is 9.89 Å². The van der Waals surface area contributed by atoms with Crippen molar-refractivity contribution in [2.24, 2.45) is 0 Å². The van der Waals surface area contributed by atoms with Crippen LogP contribution in [0.5, 0.6) is 0 Å². The van der Waals surface area contributed by atoms with Crippen molar-refractivity contribution in [1.29, 1.82) is 0 Å². The molecule has 0 bridgehead atoms. The Balaban J connectivity index is 1.80. The summed E-state index contributed by atoms with van der Waals surface area (Å²) in [6.45, 7) is 3.72. The standard InChI is InChI=1S/C13H15N3O3/c1-9-8-18-6-4-16(9)13(17)11-7-10(14-15-11)12-3-2-5-19-12/h2-3,5,7,9H,4,6,8H2,1H3,(H,14,15). The second kappa shape index (κ2) is 4.89. The van der Waals surface area contributed by atoms with E-state index in [0.717, 1.165) is 0 Å². The topological polar surface area (TPSA) is 71.4 Å². The molecule has 0 spiro atoms. The summed E-state index contributed by atoms with van der Waals surface area (Å²) in [5.74, 6) is 0.589. The molecule has 0 aromatic carbocycles. The van der Waals surface area contributed by atoms with Gasteiger partial charge in [0.1, 0.15) is 5.69 Å². The summed E-state index contributed by atoms with van der Waals surface area (Å²) in [6.07, 6.45) is 1.59. The molecule has 1 saturated heterocycles. The molecule has 1 fully saturated rings. The minimum atomic E-state index is -0.0788. The summed E-state index contributed by atoms with van der Waals surface area (Å²) >= 11 is 0. The van der Waals surface area contributed by atoms with Crippen LogP contribution in [-0.4, -0.2) is 46.8 Å². The molecule has 0 aliphatic carbocycles. The van der Waals surface area contributed by atoms with Crippen LogP contribution in [0.25, 0.3) is 11.5 Å². The van der Waals surface area contributed by atoms with Crippen LogP contribution in [0.4, 0.5) is 0 Å². The molecule has 0 radical (unpaired) electrons. The van der Waals surface area contributed by atoms with Crippen molar-refractivity contribution in [2.45, 2.75) is 13.0 Å². The van der Waals surface area contributed by atoms with E-state index in [4.69, 9.17) is 9.15 Å². The molecular weight excluding hydrogens is 246 g/mol. The van der Waals surface area contributed by atoms with Crippen molar-refractivity contribution in [3.8, 4) is 11.5 Å². The lowest BCUT2D eigenvalue weighted by molar-refractivity contribution is 0.00327.